The Bertz CT molecular complexity index is 599. The van der Waals surface area contributed by atoms with Gasteiger partial charge in [0, 0.05) is 10.0 Å². The Balaban J connectivity index is 2.38. The highest BCUT2D eigenvalue weighted by Crippen LogP contribution is 2.37. The second-order valence-corrected chi connectivity index (χ2v) is 5.99. The van der Waals surface area contributed by atoms with Crippen molar-refractivity contribution in [1.82, 2.24) is 0 Å². The van der Waals surface area contributed by atoms with Gasteiger partial charge in [-0.2, -0.15) is 0 Å². The van der Waals surface area contributed by atoms with Crippen molar-refractivity contribution >= 4 is 39.1 Å². The van der Waals surface area contributed by atoms with Crippen LogP contribution in [0.1, 0.15) is 21.5 Å². The van der Waals surface area contributed by atoms with Gasteiger partial charge in [0.1, 0.15) is 5.75 Å². The lowest BCUT2D eigenvalue weighted by Gasteiger charge is -2.14. The molecule has 1 unspecified atom stereocenters. The van der Waals surface area contributed by atoms with Crippen LogP contribution in [0, 0.1) is 6.92 Å². The lowest BCUT2D eigenvalue weighted by Crippen LogP contribution is -1.95. The summed E-state index contributed by atoms with van der Waals surface area (Å²) in [6, 6.07) is 11.7. The highest BCUT2D eigenvalue weighted by molar-refractivity contribution is 9.09. The van der Waals surface area contributed by atoms with Gasteiger partial charge in [-0.05, 0) is 41.8 Å². The summed E-state index contributed by atoms with van der Waals surface area (Å²) in [7, 11) is 1.62. The monoisotopic (exact) mass is 358 g/mol. The molecule has 2 rings (SSSR count). The third-order valence-electron chi connectivity index (χ3n) is 2.97. The Hall–Kier alpha value is -0.700. The van der Waals surface area contributed by atoms with Gasteiger partial charge < -0.3 is 4.74 Å². The summed E-state index contributed by atoms with van der Waals surface area (Å²) in [5, 5.41) is 1.42. The first-order chi connectivity index (χ1) is 9.02. The zero-order valence-electron chi connectivity index (χ0n) is 10.6. The Morgan fingerprint density at radius 3 is 2.37 bits per heavy atom. The minimum Gasteiger partial charge on any atom is -0.497 e. The highest BCUT2D eigenvalue weighted by Gasteiger charge is 2.15. The SMILES string of the molecule is COc1ccc(C(Br)c2ccc(C)c(Cl)c2)c(Cl)c1. The fraction of sp³-hybridized carbons (Fsp3) is 0.200. The summed E-state index contributed by atoms with van der Waals surface area (Å²) in [5.41, 5.74) is 3.12. The standard InChI is InChI=1S/C15H13BrCl2O/c1-9-3-4-10(7-13(9)17)15(16)12-6-5-11(19-2)8-14(12)18/h3-8,15H,1-2H3. The summed E-state index contributed by atoms with van der Waals surface area (Å²) < 4.78 is 5.15. The molecule has 0 radical (unpaired) electrons. The summed E-state index contributed by atoms with van der Waals surface area (Å²) in [4.78, 5) is 0.00371. The van der Waals surface area contributed by atoms with E-state index < -0.39 is 0 Å². The zero-order valence-corrected chi connectivity index (χ0v) is 13.7. The molecule has 0 saturated heterocycles. The van der Waals surface area contributed by atoms with Crippen LogP contribution in [0.4, 0.5) is 0 Å². The van der Waals surface area contributed by atoms with Crippen LogP contribution in [0.15, 0.2) is 36.4 Å². The van der Waals surface area contributed by atoms with Crippen LogP contribution in [0.5, 0.6) is 5.75 Å². The molecule has 0 bridgehead atoms. The number of ether oxygens (including phenoxy) is 1. The van der Waals surface area contributed by atoms with Crippen LogP contribution in [-0.2, 0) is 0 Å². The molecule has 0 N–H and O–H groups in total. The van der Waals surface area contributed by atoms with Crippen molar-refractivity contribution in [3.8, 4) is 5.75 Å². The third kappa shape index (κ3) is 3.25. The molecule has 1 atom stereocenters. The molecule has 2 aromatic rings. The van der Waals surface area contributed by atoms with E-state index in [-0.39, 0.29) is 4.83 Å². The molecule has 0 aliphatic carbocycles. The van der Waals surface area contributed by atoms with Crippen molar-refractivity contribution in [1.29, 1.82) is 0 Å². The van der Waals surface area contributed by atoms with Crippen molar-refractivity contribution in [2.75, 3.05) is 7.11 Å². The molecule has 0 spiro atoms. The summed E-state index contributed by atoms with van der Waals surface area (Å²) in [5.74, 6) is 0.746. The van der Waals surface area contributed by atoms with Crippen LogP contribution in [-0.4, -0.2) is 7.11 Å². The van der Waals surface area contributed by atoms with Crippen molar-refractivity contribution in [2.45, 2.75) is 11.8 Å². The Morgan fingerprint density at radius 2 is 1.79 bits per heavy atom. The maximum Gasteiger partial charge on any atom is 0.120 e. The maximum absolute atomic E-state index is 6.28. The highest BCUT2D eigenvalue weighted by atomic mass is 79.9. The summed E-state index contributed by atoms with van der Waals surface area (Å²) in [6.07, 6.45) is 0. The lowest BCUT2D eigenvalue weighted by atomic mass is 10.0. The first-order valence-electron chi connectivity index (χ1n) is 5.76. The first-order valence-corrected chi connectivity index (χ1v) is 7.43. The van der Waals surface area contributed by atoms with Gasteiger partial charge in [-0.1, -0.05) is 57.3 Å². The molecular weight excluding hydrogens is 347 g/mol. The van der Waals surface area contributed by atoms with Crippen molar-refractivity contribution in [3.05, 3.63) is 63.1 Å². The van der Waals surface area contributed by atoms with E-state index in [4.69, 9.17) is 27.9 Å². The second kappa shape index (κ2) is 6.17. The number of hydrogen-bond acceptors (Lipinski definition) is 1. The molecule has 0 fully saturated rings. The maximum atomic E-state index is 6.28. The summed E-state index contributed by atoms with van der Waals surface area (Å²) >= 11 is 16.1. The molecule has 2 aromatic carbocycles. The van der Waals surface area contributed by atoms with Gasteiger partial charge in [-0.15, -0.1) is 0 Å². The average Bonchev–Trinajstić information content (AvgIpc) is 2.41. The molecule has 0 aliphatic rings. The Labute approximate surface area is 131 Å². The molecule has 100 valence electrons. The van der Waals surface area contributed by atoms with Gasteiger partial charge in [0.25, 0.3) is 0 Å². The minimum atomic E-state index is 0.00371. The van der Waals surface area contributed by atoms with E-state index in [1.165, 1.54) is 0 Å². The molecule has 19 heavy (non-hydrogen) atoms. The number of rotatable bonds is 3. The predicted octanol–water partition coefficient (Wildman–Crippen LogP) is 5.79. The molecule has 1 nitrogen and oxygen atoms in total. The van der Waals surface area contributed by atoms with E-state index >= 15 is 0 Å². The van der Waals surface area contributed by atoms with Crippen molar-refractivity contribution in [2.24, 2.45) is 0 Å². The lowest BCUT2D eigenvalue weighted by molar-refractivity contribution is 0.414. The molecule has 0 saturated carbocycles. The van der Waals surface area contributed by atoms with Crippen molar-refractivity contribution < 1.29 is 4.74 Å². The van der Waals surface area contributed by atoms with Gasteiger partial charge in [-0.3, -0.25) is 0 Å². The largest absolute Gasteiger partial charge is 0.497 e. The van der Waals surface area contributed by atoms with Crippen LogP contribution >= 0.6 is 39.1 Å². The molecule has 0 aliphatic heterocycles. The van der Waals surface area contributed by atoms with E-state index in [1.54, 1.807) is 13.2 Å². The third-order valence-corrected chi connectivity index (χ3v) is 4.73. The van der Waals surface area contributed by atoms with Crippen LogP contribution in [0.25, 0.3) is 0 Å². The number of alkyl halides is 1. The van der Waals surface area contributed by atoms with Crippen LogP contribution < -0.4 is 4.74 Å². The minimum absolute atomic E-state index is 0.00371. The van der Waals surface area contributed by atoms with Gasteiger partial charge >= 0.3 is 0 Å². The number of halogens is 3. The van der Waals surface area contributed by atoms with E-state index in [0.717, 1.165) is 27.5 Å². The average molecular weight is 360 g/mol. The van der Waals surface area contributed by atoms with Crippen LogP contribution in [0.2, 0.25) is 10.0 Å². The first kappa shape index (κ1) is 14.7. The molecule has 0 heterocycles. The number of aryl methyl sites for hydroxylation is 1. The van der Waals surface area contributed by atoms with Gasteiger partial charge in [-0.25, -0.2) is 0 Å². The number of benzene rings is 2. The smallest absolute Gasteiger partial charge is 0.120 e. The van der Waals surface area contributed by atoms with E-state index in [2.05, 4.69) is 15.9 Å². The molecule has 0 aromatic heterocycles. The fourth-order valence-corrected chi connectivity index (χ4v) is 3.07. The van der Waals surface area contributed by atoms with E-state index in [0.29, 0.717) is 5.02 Å². The normalized spacial score (nSPS) is 12.3. The predicted molar refractivity (Wildman–Crippen MR) is 85.0 cm³/mol. The number of hydrogen-bond donors (Lipinski definition) is 0. The Morgan fingerprint density at radius 1 is 1.05 bits per heavy atom. The molecular formula is C15H13BrCl2O. The van der Waals surface area contributed by atoms with Gasteiger partial charge in [0.2, 0.25) is 0 Å². The zero-order chi connectivity index (χ0) is 14.0. The fourth-order valence-electron chi connectivity index (χ4n) is 1.79. The second-order valence-electron chi connectivity index (χ2n) is 4.26. The quantitative estimate of drug-likeness (QED) is 0.629. The van der Waals surface area contributed by atoms with Gasteiger partial charge in [0.15, 0.2) is 0 Å². The topological polar surface area (TPSA) is 9.23 Å². The van der Waals surface area contributed by atoms with Crippen LogP contribution in [0.3, 0.4) is 0 Å². The van der Waals surface area contributed by atoms with E-state index in [1.807, 2.05) is 37.3 Å². The van der Waals surface area contributed by atoms with E-state index in [9.17, 15) is 0 Å². The van der Waals surface area contributed by atoms with Gasteiger partial charge in [0.05, 0.1) is 11.9 Å². The number of methoxy groups -OCH3 is 1. The molecule has 4 heteroatoms. The summed E-state index contributed by atoms with van der Waals surface area (Å²) in [6.45, 7) is 1.98. The van der Waals surface area contributed by atoms with Crippen molar-refractivity contribution in [3.63, 3.8) is 0 Å². The molecule has 0 amide bonds. The Kier molecular flexibility index (Phi) is 4.77.